The van der Waals surface area contributed by atoms with E-state index in [9.17, 15) is 17.9 Å². The average Bonchev–Trinajstić information content (AvgIpc) is 2.90. The Morgan fingerprint density at radius 2 is 1.96 bits per heavy atom. The summed E-state index contributed by atoms with van der Waals surface area (Å²) in [6.07, 6.45) is 5.80. The van der Waals surface area contributed by atoms with E-state index < -0.39 is 26.2 Å². The number of hydrogen-bond acceptors (Lipinski definition) is 3. The van der Waals surface area contributed by atoms with Crippen molar-refractivity contribution in [2.75, 3.05) is 0 Å². The molecule has 0 saturated heterocycles. The molecule has 0 radical (unpaired) electrons. The van der Waals surface area contributed by atoms with Crippen LogP contribution in [0.15, 0.2) is 54.5 Å². The summed E-state index contributed by atoms with van der Waals surface area (Å²) in [5, 5.41) is 11.0. The van der Waals surface area contributed by atoms with Gasteiger partial charge in [-0.3, -0.25) is 0 Å². The smallest absolute Gasteiger partial charge is 0.251 e. The zero-order chi connectivity index (χ0) is 17.8. The van der Waals surface area contributed by atoms with E-state index in [0.717, 1.165) is 3.97 Å². The van der Waals surface area contributed by atoms with Gasteiger partial charge in [-0.25, -0.2) is 16.8 Å². The SMILES string of the molecule is CC(C)(O)c1cn(S(=O)(=O)C2(C)CC=CC=C2F)c2ccccc12. The topological polar surface area (TPSA) is 59.3 Å². The van der Waals surface area contributed by atoms with E-state index in [1.54, 1.807) is 44.2 Å². The van der Waals surface area contributed by atoms with Crippen LogP contribution in [0.25, 0.3) is 10.9 Å². The molecule has 1 aromatic carbocycles. The first kappa shape index (κ1) is 16.9. The third kappa shape index (κ3) is 2.32. The van der Waals surface area contributed by atoms with Gasteiger partial charge in [-0.05, 0) is 39.3 Å². The third-order valence-corrected chi connectivity index (χ3v) is 6.88. The van der Waals surface area contributed by atoms with Crippen LogP contribution in [-0.4, -0.2) is 22.2 Å². The van der Waals surface area contributed by atoms with Gasteiger partial charge in [0, 0.05) is 17.1 Å². The van der Waals surface area contributed by atoms with Crippen molar-refractivity contribution < 1.29 is 17.9 Å². The molecular weight excluding hydrogens is 329 g/mol. The summed E-state index contributed by atoms with van der Waals surface area (Å²) < 4.78 is 40.3. The average molecular weight is 349 g/mol. The molecule has 0 aliphatic heterocycles. The monoisotopic (exact) mass is 349 g/mol. The highest BCUT2D eigenvalue weighted by molar-refractivity contribution is 7.91. The van der Waals surface area contributed by atoms with Crippen LogP contribution >= 0.6 is 0 Å². The zero-order valence-electron chi connectivity index (χ0n) is 13.8. The van der Waals surface area contributed by atoms with E-state index in [0.29, 0.717) is 16.5 Å². The number of rotatable bonds is 3. The fourth-order valence-corrected chi connectivity index (χ4v) is 4.72. The fraction of sp³-hybridized carbons (Fsp3) is 0.333. The van der Waals surface area contributed by atoms with E-state index in [4.69, 9.17) is 0 Å². The van der Waals surface area contributed by atoms with Crippen LogP contribution in [0.3, 0.4) is 0 Å². The van der Waals surface area contributed by atoms with Gasteiger partial charge in [0.15, 0.2) is 0 Å². The first-order valence-electron chi connectivity index (χ1n) is 7.70. The maximum absolute atomic E-state index is 14.4. The molecule has 0 bridgehead atoms. The van der Waals surface area contributed by atoms with Crippen LogP contribution in [0.1, 0.15) is 32.8 Å². The molecule has 1 heterocycles. The molecule has 1 aromatic heterocycles. The highest BCUT2D eigenvalue weighted by Crippen LogP contribution is 2.39. The molecule has 2 aromatic rings. The summed E-state index contributed by atoms with van der Waals surface area (Å²) in [4.78, 5) is 0. The van der Waals surface area contributed by atoms with Gasteiger partial charge in [0.1, 0.15) is 10.6 Å². The summed E-state index contributed by atoms with van der Waals surface area (Å²) in [5.74, 6) is -0.687. The predicted molar refractivity (Wildman–Crippen MR) is 92.9 cm³/mol. The molecule has 0 saturated carbocycles. The maximum Gasteiger partial charge on any atom is 0.251 e. The van der Waals surface area contributed by atoms with Crippen molar-refractivity contribution in [3.8, 4) is 0 Å². The number of halogens is 1. The van der Waals surface area contributed by atoms with Crippen LogP contribution in [-0.2, 0) is 15.6 Å². The van der Waals surface area contributed by atoms with Crippen LogP contribution in [0.4, 0.5) is 4.39 Å². The lowest BCUT2D eigenvalue weighted by Crippen LogP contribution is -2.40. The molecule has 1 aliphatic carbocycles. The lowest BCUT2D eigenvalue weighted by Gasteiger charge is -2.29. The van der Waals surface area contributed by atoms with Crippen molar-refractivity contribution in [3.63, 3.8) is 0 Å². The van der Waals surface area contributed by atoms with E-state index in [1.807, 2.05) is 0 Å². The number of aliphatic hydroxyl groups is 1. The molecule has 0 spiro atoms. The Bertz CT molecular complexity index is 964. The number of aromatic nitrogens is 1. The number of nitrogens with zero attached hydrogens (tertiary/aromatic N) is 1. The minimum absolute atomic E-state index is 0.0576. The van der Waals surface area contributed by atoms with E-state index in [-0.39, 0.29) is 6.42 Å². The Balaban J connectivity index is 2.31. The summed E-state index contributed by atoms with van der Waals surface area (Å²) in [5.41, 5.74) is -0.304. The summed E-state index contributed by atoms with van der Waals surface area (Å²) in [6, 6.07) is 6.91. The largest absolute Gasteiger partial charge is 0.386 e. The van der Waals surface area contributed by atoms with Crippen molar-refractivity contribution in [3.05, 3.63) is 60.1 Å². The molecule has 1 unspecified atom stereocenters. The van der Waals surface area contributed by atoms with Gasteiger partial charge in [-0.1, -0.05) is 30.4 Å². The van der Waals surface area contributed by atoms with Crippen molar-refractivity contribution in [2.45, 2.75) is 37.5 Å². The van der Waals surface area contributed by atoms with Gasteiger partial charge in [0.05, 0.1) is 11.1 Å². The zero-order valence-corrected chi connectivity index (χ0v) is 14.6. The number of benzene rings is 1. The second-order valence-corrected chi connectivity index (χ2v) is 9.04. The highest BCUT2D eigenvalue weighted by Gasteiger charge is 2.45. The number of para-hydroxylation sites is 1. The molecular formula is C18H20FNO3S. The lowest BCUT2D eigenvalue weighted by atomic mass is 9.98. The lowest BCUT2D eigenvalue weighted by molar-refractivity contribution is 0.0801. The highest BCUT2D eigenvalue weighted by atomic mass is 32.2. The van der Waals surface area contributed by atoms with E-state index >= 15 is 0 Å². The number of fused-ring (bicyclic) bond motifs is 1. The van der Waals surface area contributed by atoms with Gasteiger partial charge in [-0.15, -0.1) is 0 Å². The normalized spacial score (nSPS) is 22.0. The van der Waals surface area contributed by atoms with Gasteiger partial charge < -0.3 is 5.11 Å². The first-order valence-corrected chi connectivity index (χ1v) is 9.14. The third-order valence-electron chi connectivity index (χ3n) is 4.56. The quantitative estimate of drug-likeness (QED) is 0.921. The molecule has 6 heteroatoms. The van der Waals surface area contributed by atoms with Gasteiger partial charge >= 0.3 is 0 Å². The van der Waals surface area contributed by atoms with Crippen molar-refractivity contribution >= 4 is 20.9 Å². The molecule has 3 rings (SSSR count). The number of hydrogen-bond donors (Lipinski definition) is 1. The maximum atomic E-state index is 14.4. The van der Waals surface area contributed by atoms with Crippen molar-refractivity contribution in [1.29, 1.82) is 0 Å². The Labute approximate surface area is 141 Å². The molecule has 128 valence electrons. The van der Waals surface area contributed by atoms with E-state index in [1.165, 1.54) is 25.3 Å². The van der Waals surface area contributed by atoms with Crippen LogP contribution in [0.2, 0.25) is 0 Å². The summed E-state index contributed by atoms with van der Waals surface area (Å²) in [6.45, 7) is 4.57. The Morgan fingerprint density at radius 3 is 2.58 bits per heavy atom. The van der Waals surface area contributed by atoms with Crippen molar-refractivity contribution in [1.82, 2.24) is 3.97 Å². The molecule has 4 nitrogen and oxygen atoms in total. The first-order chi connectivity index (χ1) is 11.1. The summed E-state index contributed by atoms with van der Waals surface area (Å²) >= 11 is 0. The second kappa shape index (κ2) is 5.29. The standard InChI is InChI=1S/C18H20FNO3S/c1-17(2,21)14-12-20(15-9-5-4-8-13(14)15)24(22,23)18(3)11-7-6-10-16(18)19/h4-10,12,21H,11H2,1-3H3. The molecule has 24 heavy (non-hydrogen) atoms. The molecule has 0 fully saturated rings. The Morgan fingerprint density at radius 1 is 1.29 bits per heavy atom. The van der Waals surface area contributed by atoms with Crippen molar-refractivity contribution in [2.24, 2.45) is 0 Å². The van der Waals surface area contributed by atoms with Gasteiger partial charge in [-0.2, -0.15) is 0 Å². The van der Waals surface area contributed by atoms with Gasteiger partial charge in [0.25, 0.3) is 10.0 Å². The molecule has 1 N–H and O–H groups in total. The molecule has 0 amide bonds. The number of allylic oxidation sites excluding steroid dienone is 3. The second-order valence-electron chi connectivity index (χ2n) is 6.80. The predicted octanol–water partition coefficient (Wildman–Crippen LogP) is 3.62. The Hall–Kier alpha value is -1.92. The molecule has 1 atom stereocenters. The van der Waals surface area contributed by atoms with Crippen LogP contribution in [0, 0.1) is 0 Å². The van der Waals surface area contributed by atoms with Gasteiger partial charge in [0.2, 0.25) is 0 Å². The van der Waals surface area contributed by atoms with Crippen LogP contribution in [0.5, 0.6) is 0 Å². The Kier molecular flexibility index (Phi) is 3.73. The van der Waals surface area contributed by atoms with E-state index in [2.05, 4.69) is 0 Å². The molecule has 1 aliphatic rings. The minimum Gasteiger partial charge on any atom is -0.386 e. The van der Waals surface area contributed by atoms with Crippen LogP contribution < -0.4 is 0 Å². The minimum atomic E-state index is -4.07. The fourth-order valence-electron chi connectivity index (χ4n) is 3.00. The summed E-state index contributed by atoms with van der Waals surface area (Å²) in [7, 11) is -4.07.